The molecule has 0 saturated carbocycles. The highest BCUT2D eigenvalue weighted by molar-refractivity contribution is 8.77. The molecule has 1 nitrogen and oxygen atoms in total. The van der Waals surface area contributed by atoms with Crippen molar-refractivity contribution in [3.63, 3.8) is 0 Å². The minimum absolute atomic E-state index is 0.158. The van der Waals surface area contributed by atoms with E-state index in [1.807, 2.05) is 47.6 Å². The molecule has 2 radical (unpaired) electrons. The van der Waals surface area contributed by atoms with E-state index in [0.717, 1.165) is 5.46 Å². The average molecular weight is 280 g/mol. The van der Waals surface area contributed by atoms with E-state index in [2.05, 4.69) is 26.0 Å². The molecule has 0 bridgehead atoms. The Morgan fingerprint density at radius 2 is 1.72 bits per heavy atom. The molecular weight excluding hydrogens is 259 g/mol. The predicted octanol–water partition coefficient (Wildman–Crippen LogP) is 3.74. The molecule has 0 N–H and O–H groups in total. The zero-order chi connectivity index (χ0) is 13.8. The lowest BCUT2D eigenvalue weighted by atomic mass is 9.92. The van der Waals surface area contributed by atoms with Gasteiger partial charge >= 0.3 is 0 Å². The third-order valence-corrected chi connectivity index (χ3v) is 6.53. The molecule has 0 spiro atoms. The number of rotatable bonds is 2. The van der Waals surface area contributed by atoms with Crippen molar-refractivity contribution in [2.75, 3.05) is 7.11 Å². The van der Waals surface area contributed by atoms with Gasteiger partial charge in [0.15, 0.2) is 0 Å². The number of methoxy groups -OCH3 is 1. The third-order valence-electron chi connectivity index (χ3n) is 2.85. The van der Waals surface area contributed by atoms with Crippen LogP contribution in [-0.2, 0) is 4.74 Å². The summed E-state index contributed by atoms with van der Waals surface area (Å²) < 4.78 is 5.81. The van der Waals surface area contributed by atoms with Gasteiger partial charge in [0.1, 0.15) is 7.85 Å². The summed E-state index contributed by atoms with van der Waals surface area (Å²) in [5.74, 6) is 0. The van der Waals surface area contributed by atoms with Crippen LogP contribution < -0.4 is 5.46 Å². The molecule has 1 heterocycles. The highest BCUT2D eigenvalue weighted by Crippen LogP contribution is 2.58. The number of ether oxygens (including phenoxy) is 1. The molecule has 1 fully saturated rings. The smallest absolute Gasteiger partial charge is 0.113 e. The summed E-state index contributed by atoms with van der Waals surface area (Å²) in [5.41, 5.74) is 2.11. The molecule has 98 valence electrons. The Hall–Kier alpha value is -0.0551. The predicted molar refractivity (Wildman–Crippen MR) is 86.0 cm³/mol. The maximum atomic E-state index is 5.70. The monoisotopic (exact) mass is 280 g/mol. The molecule has 0 aromatic heterocycles. The molecule has 1 aliphatic heterocycles. The van der Waals surface area contributed by atoms with Gasteiger partial charge in [-0.3, -0.25) is 0 Å². The maximum absolute atomic E-state index is 5.70. The second kappa shape index (κ2) is 6.92. The molecule has 1 aliphatic rings. The molecule has 18 heavy (non-hydrogen) atoms. The van der Waals surface area contributed by atoms with Crippen molar-refractivity contribution in [2.24, 2.45) is 0 Å². The van der Waals surface area contributed by atoms with Crippen LogP contribution in [0.3, 0.4) is 0 Å². The first-order valence-corrected chi connectivity index (χ1v) is 8.48. The van der Waals surface area contributed by atoms with Crippen LogP contribution in [0.5, 0.6) is 0 Å². The molecule has 2 atom stereocenters. The first-order chi connectivity index (χ1) is 8.54. The fourth-order valence-corrected chi connectivity index (χ4v) is 5.52. The van der Waals surface area contributed by atoms with Gasteiger partial charge in [-0.25, -0.2) is 0 Å². The zero-order valence-electron chi connectivity index (χ0n) is 11.8. The summed E-state index contributed by atoms with van der Waals surface area (Å²) in [4.78, 5) is 0. The Kier molecular flexibility index (Phi) is 6.15. The van der Waals surface area contributed by atoms with Gasteiger partial charge in [0.25, 0.3) is 0 Å². The van der Waals surface area contributed by atoms with Crippen molar-refractivity contribution in [1.29, 1.82) is 0 Å². The van der Waals surface area contributed by atoms with Crippen molar-refractivity contribution < 1.29 is 4.74 Å². The van der Waals surface area contributed by atoms with E-state index in [4.69, 9.17) is 12.6 Å². The lowest BCUT2D eigenvalue weighted by molar-refractivity contribution is 0.0792. The first kappa shape index (κ1) is 16.0. The van der Waals surface area contributed by atoms with Gasteiger partial charge < -0.3 is 4.74 Å². The van der Waals surface area contributed by atoms with Crippen molar-refractivity contribution in [1.82, 2.24) is 0 Å². The Morgan fingerprint density at radius 1 is 1.17 bits per heavy atom. The number of benzene rings is 1. The lowest BCUT2D eigenvalue weighted by Crippen LogP contribution is -2.33. The van der Waals surface area contributed by atoms with Gasteiger partial charge in [-0.05, 0) is 19.4 Å². The molecule has 0 amide bonds. The molecule has 2 rings (SSSR count). The normalized spacial score (nSPS) is 25.4. The third kappa shape index (κ3) is 3.49. The van der Waals surface area contributed by atoms with Crippen LogP contribution in [0.25, 0.3) is 0 Å². The van der Waals surface area contributed by atoms with Crippen LogP contribution in [0.4, 0.5) is 0 Å². The maximum Gasteiger partial charge on any atom is 0.113 e. The van der Waals surface area contributed by atoms with Crippen molar-refractivity contribution in [3.8, 4) is 0 Å². The summed E-state index contributed by atoms with van der Waals surface area (Å²) in [6, 6.07) is 8.11. The van der Waals surface area contributed by atoms with Crippen molar-refractivity contribution >= 4 is 34.9 Å². The van der Waals surface area contributed by atoms with Crippen LogP contribution in [0.2, 0.25) is 0 Å². The second-order valence-electron chi connectivity index (χ2n) is 4.53. The minimum atomic E-state index is 0.158. The molecular formula is C14H21BOS2. The van der Waals surface area contributed by atoms with Gasteiger partial charge in [-0.1, -0.05) is 65.2 Å². The van der Waals surface area contributed by atoms with Crippen LogP contribution in [0, 0.1) is 0 Å². The van der Waals surface area contributed by atoms with E-state index in [1.54, 1.807) is 7.11 Å². The molecule has 1 aromatic carbocycles. The standard InChI is InChI=1S/C12H15BOS2.C2H6/c1-12(2)11(14-3)10(15-16-12)8-4-6-9(13)7-5-8;1-2/h4-7,10-11H,1-3H3;1-2H3. The zero-order valence-corrected chi connectivity index (χ0v) is 13.4. The lowest BCUT2D eigenvalue weighted by Gasteiger charge is -2.27. The Bertz CT molecular complexity index is 365. The Labute approximate surface area is 120 Å². The topological polar surface area (TPSA) is 9.23 Å². The second-order valence-corrected chi connectivity index (χ2v) is 7.52. The average Bonchev–Trinajstić information content (AvgIpc) is 2.68. The van der Waals surface area contributed by atoms with Gasteiger partial charge in [0, 0.05) is 11.9 Å². The fraction of sp³-hybridized carbons (Fsp3) is 0.571. The first-order valence-electron chi connectivity index (χ1n) is 6.27. The molecule has 1 aromatic rings. The largest absolute Gasteiger partial charge is 0.378 e. The molecule has 0 aliphatic carbocycles. The highest BCUT2D eigenvalue weighted by Gasteiger charge is 2.44. The molecule has 1 saturated heterocycles. The van der Waals surface area contributed by atoms with E-state index >= 15 is 0 Å². The minimum Gasteiger partial charge on any atom is -0.378 e. The van der Waals surface area contributed by atoms with Crippen molar-refractivity contribution in [2.45, 2.75) is 43.8 Å². The SMILES string of the molecule is CC.[B]c1ccc(C2SSC(C)(C)C2OC)cc1. The Balaban J connectivity index is 0.000000771. The van der Waals surface area contributed by atoms with Gasteiger partial charge in [-0.2, -0.15) is 0 Å². The number of hydrogen-bond acceptors (Lipinski definition) is 3. The van der Waals surface area contributed by atoms with Gasteiger partial charge in [0.05, 0.1) is 11.4 Å². The molecule has 2 unspecified atom stereocenters. The quantitative estimate of drug-likeness (QED) is 0.603. The van der Waals surface area contributed by atoms with E-state index in [-0.39, 0.29) is 10.9 Å². The number of hydrogen-bond donors (Lipinski definition) is 0. The van der Waals surface area contributed by atoms with E-state index < -0.39 is 0 Å². The summed E-state index contributed by atoms with van der Waals surface area (Å²) in [7, 11) is 11.3. The van der Waals surface area contributed by atoms with Crippen LogP contribution in [0.1, 0.15) is 38.5 Å². The summed E-state index contributed by atoms with van der Waals surface area (Å²) in [5, 5.41) is 0.394. The highest BCUT2D eigenvalue weighted by atomic mass is 33.1. The molecule has 4 heteroatoms. The summed E-state index contributed by atoms with van der Waals surface area (Å²) in [6.07, 6.45) is 0.242. The van der Waals surface area contributed by atoms with Crippen LogP contribution in [0.15, 0.2) is 24.3 Å². The van der Waals surface area contributed by atoms with Crippen molar-refractivity contribution in [3.05, 3.63) is 29.8 Å². The van der Waals surface area contributed by atoms with Gasteiger partial charge in [-0.15, -0.1) is 0 Å². The van der Waals surface area contributed by atoms with Gasteiger partial charge in [0.2, 0.25) is 0 Å². The van der Waals surface area contributed by atoms with E-state index in [0.29, 0.717) is 5.25 Å². The van der Waals surface area contributed by atoms with E-state index in [9.17, 15) is 0 Å². The fourth-order valence-electron chi connectivity index (χ4n) is 1.96. The Morgan fingerprint density at radius 3 is 2.22 bits per heavy atom. The van der Waals surface area contributed by atoms with Crippen LogP contribution in [-0.4, -0.2) is 25.8 Å². The van der Waals surface area contributed by atoms with Crippen LogP contribution >= 0.6 is 21.6 Å². The van der Waals surface area contributed by atoms with E-state index in [1.165, 1.54) is 5.56 Å². The summed E-state index contributed by atoms with van der Waals surface area (Å²) in [6.45, 7) is 8.46. The summed E-state index contributed by atoms with van der Waals surface area (Å²) >= 11 is 0.